The number of carbonyl (C=O) groups is 2. The smallest absolute Gasteiger partial charge is 0.243 e. The van der Waals surface area contributed by atoms with Gasteiger partial charge in [-0.3, -0.25) is 9.59 Å². The number of sulfonamides is 1. The summed E-state index contributed by atoms with van der Waals surface area (Å²) in [6.45, 7) is 7.47. The molecule has 1 fully saturated rings. The van der Waals surface area contributed by atoms with E-state index in [2.05, 4.69) is 5.32 Å². The van der Waals surface area contributed by atoms with Gasteiger partial charge in [0.1, 0.15) is 0 Å². The maximum absolute atomic E-state index is 13.1. The van der Waals surface area contributed by atoms with Crippen LogP contribution in [0, 0.1) is 5.92 Å². The first kappa shape index (κ1) is 26.9. The quantitative estimate of drug-likeness (QED) is 0.453. The molecule has 0 spiro atoms. The molecular weight excluding hydrogens is 462 g/mol. The van der Waals surface area contributed by atoms with Crippen molar-refractivity contribution >= 4 is 33.2 Å². The van der Waals surface area contributed by atoms with Crippen molar-refractivity contribution < 1.29 is 18.0 Å². The van der Waals surface area contributed by atoms with Gasteiger partial charge in [-0.25, -0.2) is 8.42 Å². The molecule has 3 rings (SSSR count). The fourth-order valence-corrected chi connectivity index (χ4v) is 5.83. The predicted octanol–water partition coefficient (Wildman–Crippen LogP) is 4.83. The molecule has 1 saturated heterocycles. The van der Waals surface area contributed by atoms with Crippen LogP contribution in [0.2, 0.25) is 0 Å². The van der Waals surface area contributed by atoms with E-state index in [-0.39, 0.29) is 23.1 Å². The van der Waals surface area contributed by atoms with Gasteiger partial charge in [0.25, 0.3) is 0 Å². The summed E-state index contributed by atoms with van der Waals surface area (Å²) in [7, 11) is -3.59. The molecule has 8 heteroatoms. The largest absolute Gasteiger partial charge is 0.326 e. The van der Waals surface area contributed by atoms with E-state index in [0.29, 0.717) is 25.3 Å². The second-order valence-corrected chi connectivity index (χ2v) is 11.0. The number of amides is 2. The van der Waals surface area contributed by atoms with Crippen molar-refractivity contribution in [3.05, 3.63) is 54.1 Å². The number of rotatable bonds is 12. The van der Waals surface area contributed by atoms with Crippen LogP contribution in [0.4, 0.5) is 11.4 Å². The van der Waals surface area contributed by atoms with Crippen molar-refractivity contribution in [1.29, 1.82) is 0 Å². The van der Waals surface area contributed by atoms with Crippen LogP contribution in [0.5, 0.6) is 0 Å². The van der Waals surface area contributed by atoms with E-state index in [0.717, 1.165) is 43.4 Å². The van der Waals surface area contributed by atoms with Crippen molar-refractivity contribution in [1.82, 2.24) is 4.31 Å². The molecule has 1 unspecified atom stereocenters. The van der Waals surface area contributed by atoms with Gasteiger partial charge in [0, 0.05) is 37.4 Å². The summed E-state index contributed by atoms with van der Waals surface area (Å²) in [5, 5.41) is 2.86. The Labute approximate surface area is 209 Å². The number of aryl methyl sites for hydroxylation is 1. The van der Waals surface area contributed by atoms with E-state index in [1.807, 2.05) is 45.0 Å². The molecule has 0 aromatic heterocycles. The van der Waals surface area contributed by atoms with Gasteiger partial charge in [-0.05, 0) is 55.2 Å². The maximum Gasteiger partial charge on any atom is 0.243 e. The summed E-state index contributed by atoms with van der Waals surface area (Å²) in [5.74, 6) is -0.765. The van der Waals surface area contributed by atoms with Crippen LogP contribution >= 0.6 is 0 Å². The summed E-state index contributed by atoms with van der Waals surface area (Å²) >= 11 is 0. The Morgan fingerprint density at radius 3 is 2.23 bits per heavy atom. The van der Waals surface area contributed by atoms with E-state index in [9.17, 15) is 18.0 Å². The van der Waals surface area contributed by atoms with E-state index in [4.69, 9.17) is 0 Å². The van der Waals surface area contributed by atoms with Crippen LogP contribution in [0.1, 0.15) is 58.4 Å². The Balaban J connectivity index is 1.67. The van der Waals surface area contributed by atoms with Gasteiger partial charge in [-0.2, -0.15) is 4.31 Å². The number of nitrogens with zero attached hydrogens (tertiary/aromatic N) is 2. The van der Waals surface area contributed by atoms with Gasteiger partial charge in [-0.1, -0.05) is 51.8 Å². The molecule has 2 aromatic carbocycles. The van der Waals surface area contributed by atoms with E-state index < -0.39 is 15.9 Å². The number of unbranched alkanes of at least 4 members (excludes halogenated alkanes) is 2. The number of hydrogen-bond acceptors (Lipinski definition) is 4. The molecule has 2 aromatic rings. The molecule has 1 heterocycles. The van der Waals surface area contributed by atoms with Crippen LogP contribution in [0.25, 0.3) is 0 Å². The first-order chi connectivity index (χ1) is 16.8. The third kappa shape index (κ3) is 6.49. The Bertz CT molecular complexity index is 1110. The molecule has 2 amide bonds. The summed E-state index contributed by atoms with van der Waals surface area (Å²) in [6, 6.07) is 14.1. The predicted molar refractivity (Wildman–Crippen MR) is 140 cm³/mol. The minimum atomic E-state index is -3.59. The molecule has 190 valence electrons. The van der Waals surface area contributed by atoms with Gasteiger partial charge >= 0.3 is 0 Å². The lowest BCUT2D eigenvalue weighted by Crippen LogP contribution is -2.33. The summed E-state index contributed by atoms with van der Waals surface area (Å²) in [4.78, 5) is 27.5. The standard InChI is InChI=1S/C27H37N3O4S/c1-4-7-17-29(18-8-5-2)35(33,34)24-15-13-23(14-16-24)28-27(32)22-19-26(31)30(20-22)25-12-10-9-11-21(25)6-3/h9-16,22H,4-8,17-20H2,1-3H3,(H,28,32). The number of para-hydroxylation sites is 1. The molecule has 0 aliphatic carbocycles. The zero-order valence-electron chi connectivity index (χ0n) is 21.0. The SMILES string of the molecule is CCCCN(CCCC)S(=O)(=O)c1ccc(NC(=O)C2CC(=O)N(c3ccccc3CC)C2)cc1. The van der Waals surface area contributed by atoms with Crippen LogP contribution < -0.4 is 10.2 Å². The fourth-order valence-electron chi connectivity index (χ4n) is 4.31. The van der Waals surface area contributed by atoms with Crippen LogP contribution in [0.3, 0.4) is 0 Å². The van der Waals surface area contributed by atoms with Gasteiger partial charge < -0.3 is 10.2 Å². The average molecular weight is 500 g/mol. The average Bonchev–Trinajstić information content (AvgIpc) is 3.25. The topological polar surface area (TPSA) is 86.8 Å². The summed E-state index contributed by atoms with van der Waals surface area (Å²) < 4.78 is 27.8. The lowest BCUT2D eigenvalue weighted by atomic mass is 10.1. The monoisotopic (exact) mass is 499 g/mol. The molecule has 1 aliphatic rings. The summed E-state index contributed by atoms with van der Waals surface area (Å²) in [6.07, 6.45) is 4.44. The van der Waals surface area contributed by atoms with Gasteiger partial charge in [0.15, 0.2) is 0 Å². The lowest BCUT2D eigenvalue weighted by molar-refractivity contribution is -0.122. The van der Waals surface area contributed by atoms with Crippen molar-refractivity contribution in [2.75, 3.05) is 29.9 Å². The highest BCUT2D eigenvalue weighted by atomic mass is 32.2. The Kier molecular flexibility index (Phi) is 9.46. The molecule has 7 nitrogen and oxygen atoms in total. The number of carbonyl (C=O) groups excluding carboxylic acids is 2. The molecule has 0 saturated carbocycles. The van der Waals surface area contributed by atoms with Crippen molar-refractivity contribution in [3.8, 4) is 0 Å². The highest BCUT2D eigenvalue weighted by Crippen LogP contribution is 2.29. The maximum atomic E-state index is 13.1. The number of anilines is 2. The number of nitrogens with one attached hydrogen (secondary N) is 1. The number of hydrogen-bond donors (Lipinski definition) is 1. The highest BCUT2D eigenvalue weighted by Gasteiger charge is 2.36. The molecule has 0 bridgehead atoms. The van der Waals surface area contributed by atoms with Gasteiger partial charge in [-0.15, -0.1) is 0 Å². The van der Waals surface area contributed by atoms with E-state index in [1.54, 1.807) is 33.5 Å². The minimum absolute atomic E-state index is 0.0632. The molecular formula is C27H37N3O4S. The second-order valence-electron chi connectivity index (χ2n) is 9.01. The van der Waals surface area contributed by atoms with Crippen molar-refractivity contribution in [2.45, 2.75) is 64.2 Å². The fraction of sp³-hybridized carbons (Fsp3) is 0.481. The molecule has 1 aliphatic heterocycles. The van der Waals surface area contributed by atoms with Gasteiger partial charge in [0.2, 0.25) is 21.8 Å². The lowest BCUT2D eigenvalue weighted by Gasteiger charge is -2.22. The Hall–Kier alpha value is -2.71. The highest BCUT2D eigenvalue weighted by molar-refractivity contribution is 7.89. The number of benzene rings is 2. The Morgan fingerprint density at radius 2 is 1.63 bits per heavy atom. The second kappa shape index (κ2) is 12.3. The van der Waals surface area contributed by atoms with Crippen LogP contribution in [0.15, 0.2) is 53.4 Å². The molecule has 1 atom stereocenters. The molecule has 1 N–H and O–H groups in total. The third-order valence-electron chi connectivity index (χ3n) is 6.44. The van der Waals surface area contributed by atoms with Crippen molar-refractivity contribution in [2.24, 2.45) is 5.92 Å². The summed E-state index contributed by atoms with van der Waals surface area (Å²) in [5.41, 5.74) is 2.45. The van der Waals surface area contributed by atoms with E-state index in [1.165, 1.54) is 0 Å². The molecule has 0 radical (unpaired) electrons. The van der Waals surface area contributed by atoms with Gasteiger partial charge in [0.05, 0.1) is 10.8 Å². The van der Waals surface area contributed by atoms with Crippen molar-refractivity contribution in [3.63, 3.8) is 0 Å². The first-order valence-electron chi connectivity index (χ1n) is 12.6. The molecule has 35 heavy (non-hydrogen) atoms. The Morgan fingerprint density at radius 1 is 1.00 bits per heavy atom. The van der Waals surface area contributed by atoms with Crippen LogP contribution in [-0.4, -0.2) is 44.2 Å². The zero-order valence-corrected chi connectivity index (χ0v) is 21.8. The zero-order chi connectivity index (χ0) is 25.4. The first-order valence-corrected chi connectivity index (χ1v) is 14.0. The normalized spacial score (nSPS) is 16.2. The third-order valence-corrected chi connectivity index (χ3v) is 8.35. The minimum Gasteiger partial charge on any atom is -0.326 e. The van der Waals surface area contributed by atoms with Crippen LogP contribution in [-0.2, 0) is 26.0 Å². The van der Waals surface area contributed by atoms with E-state index >= 15 is 0 Å².